The average molecular weight is 201 g/mol. The maximum absolute atomic E-state index is 13.1. The van der Waals surface area contributed by atoms with Gasteiger partial charge in [-0.3, -0.25) is 0 Å². The van der Waals surface area contributed by atoms with Crippen LogP contribution in [0.15, 0.2) is 12.3 Å². The molecule has 1 rings (SSSR count). The second kappa shape index (κ2) is 4.85. The van der Waals surface area contributed by atoms with E-state index in [2.05, 4.69) is 10.3 Å². The normalized spacial score (nSPS) is 12.6. The van der Waals surface area contributed by atoms with Crippen molar-refractivity contribution in [2.24, 2.45) is 5.73 Å². The summed E-state index contributed by atoms with van der Waals surface area (Å²) in [5.74, 6) is -1.30. The number of anilines is 1. The molecule has 0 saturated carbocycles. The van der Waals surface area contributed by atoms with Crippen molar-refractivity contribution in [1.29, 1.82) is 0 Å². The summed E-state index contributed by atoms with van der Waals surface area (Å²) in [4.78, 5) is 3.60. The van der Waals surface area contributed by atoms with Gasteiger partial charge in [0.25, 0.3) is 0 Å². The molecule has 0 fully saturated rings. The van der Waals surface area contributed by atoms with Gasteiger partial charge in [0.2, 0.25) is 0 Å². The monoisotopic (exact) mass is 201 g/mol. The van der Waals surface area contributed by atoms with Gasteiger partial charge in [-0.15, -0.1) is 0 Å². The van der Waals surface area contributed by atoms with Crippen LogP contribution in [-0.2, 0) is 0 Å². The van der Waals surface area contributed by atoms with Crippen LogP contribution in [0.2, 0.25) is 0 Å². The molecule has 0 aliphatic heterocycles. The fourth-order valence-electron chi connectivity index (χ4n) is 1.08. The Morgan fingerprint density at radius 2 is 2.29 bits per heavy atom. The van der Waals surface area contributed by atoms with Crippen LogP contribution in [0.5, 0.6) is 0 Å². The van der Waals surface area contributed by atoms with Crippen molar-refractivity contribution in [2.45, 2.75) is 19.4 Å². The fourth-order valence-corrected chi connectivity index (χ4v) is 1.08. The topological polar surface area (TPSA) is 50.9 Å². The third-order valence-corrected chi connectivity index (χ3v) is 1.79. The zero-order valence-electron chi connectivity index (χ0n) is 7.93. The Morgan fingerprint density at radius 1 is 1.57 bits per heavy atom. The molecule has 0 aliphatic carbocycles. The van der Waals surface area contributed by atoms with Crippen molar-refractivity contribution in [3.63, 3.8) is 0 Å². The molecule has 0 radical (unpaired) electrons. The second-order valence-electron chi connectivity index (χ2n) is 3.11. The van der Waals surface area contributed by atoms with E-state index in [1.165, 1.54) is 0 Å². The lowest BCUT2D eigenvalue weighted by Gasteiger charge is -2.13. The summed E-state index contributed by atoms with van der Waals surface area (Å²) >= 11 is 0. The minimum absolute atomic E-state index is 0.0208. The third kappa shape index (κ3) is 2.92. The summed E-state index contributed by atoms with van der Waals surface area (Å²) in [6, 6.07) is 0.817. The van der Waals surface area contributed by atoms with Crippen molar-refractivity contribution in [1.82, 2.24) is 4.98 Å². The lowest BCUT2D eigenvalue weighted by molar-refractivity contribution is 0.572. The summed E-state index contributed by atoms with van der Waals surface area (Å²) < 4.78 is 25.5. The number of pyridine rings is 1. The lowest BCUT2D eigenvalue weighted by Crippen LogP contribution is -2.20. The van der Waals surface area contributed by atoms with E-state index >= 15 is 0 Å². The van der Waals surface area contributed by atoms with E-state index in [4.69, 9.17) is 5.73 Å². The highest BCUT2D eigenvalue weighted by molar-refractivity contribution is 5.36. The molecule has 3 nitrogen and oxygen atoms in total. The number of rotatable bonds is 4. The van der Waals surface area contributed by atoms with Gasteiger partial charge >= 0.3 is 0 Å². The molecule has 1 aromatic heterocycles. The molecule has 0 amide bonds. The largest absolute Gasteiger partial charge is 0.365 e. The van der Waals surface area contributed by atoms with Crippen LogP contribution in [0.25, 0.3) is 0 Å². The highest BCUT2D eigenvalue weighted by Gasteiger charge is 2.07. The minimum atomic E-state index is -0.686. The Kier molecular flexibility index (Phi) is 3.76. The predicted molar refractivity (Wildman–Crippen MR) is 50.9 cm³/mol. The Labute approximate surface area is 81.3 Å². The Balaban J connectivity index is 2.67. The molecule has 1 aromatic rings. The van der Waals surface area contributed by atoms with Crippen LogP contribution in [0, 0.1) is 11.6 Å². The van der Waals surface area contributed by atoms with E-state index in [9.17, 15) is 8.78 Å². The second-order valence-corrected chi connectivity index (χ2v) is 3.11. The van der Waals surface area contributed by atoms with Gasteiger partial charge in [0, 0.05) is 12.1 Å². The molecule has 0 saturated heterocycles. The molecule has 1 atom stereocenters. The number of nitrogens with one attached hydrogen (secondary N) is 1. The number of hydrogen-bond acceptors (Lipinski definition) is 3. The van der Waals surface area contributed by atoms with Gasteiger partial charge < -0.3 is 11.1 Å². The van der Waals surface area contributed by atoms with Gasteiger partial charge in [0.05, 0.1) is 6.20 Å². The van der Waals surface area contributed by atoms with Crippen LogP contribution in [0.3, 0.4) is 0 Å². The third-order valence-electron chi connectivity index (χ3n) is 1.79. The molecular formula is C9H13F2N3. The lowest BCUT2D eigenvalue weighted by atomic mass is 10.2. The summed E-state index contributed by atoms with van der Waals surface area (Å²) in [6.07, 6.45) is 1.68. The first-order chi connectivity index (χ1) is 6.63. The molecule has 0 bridgehead atoms. The van der Waals surface area contributed by atoms with E-state index in [0.29, 0.717) is 13.0 Å². The number of nitrogens with two attached hydrogens (primary N) is 1. The smallest absolute Gasteiger partial charge is 0.168 e. The van der Waals surface area contributed by atoms with Gasteiger partial charge in [-0.1, -0.05) is 0 Å². The van der Waals surface area contributed by atoms with Gasteiger partial charge in [0.15, 0.2) is 11.6 Å². The van der Waals surface area contributed by atoms with Gasteiger partial charge in [-0.05, 0) is 19.9 Å². The predicted octanol–water partition coefficient (Wildman–Crippen LogP) is 1.51. The molecule has 14 heavy (non-hydrogen) atoms. The number of aromatic nitrogens is 1. The molecule has 0 aromatic carbocycles. The van der Waals surface area contributed by atoms with Gasteiger partial charge in [-0.25, -0.2) is 13.8 Å². The first-order valence-electron chi connectivity index (χ1n) is 4.41. The van der Waals surface area contributed by atoms with Crippen molar-refractivity contribution in [2.75, 3.05) is 11.9 Å². The summed E-state index contributed by atoms with van der Waals surface area (Å²) in [6.45, 7) is 2.37. The number of nitrogens with zero attached hydrogens (tertiary/aromatic N) is 1. The van der Waals surface area contributed by atoms with Crippen LogP contribution >= 0.6 is 0 Å². The minimum Gasteiger partial charge on any atom is -0.365 e. The molecule has 1 unspecified atom stereocenters. The van der Waals surface area contributed by atoms with Crippen LogP contribution < -0.4 is 11.1 Å². The number of halogens is 2. The molecular weight excluding hydrogens is 188 g/mol. The first-order valence-corrected chi connectivity index (χ1v) is 4.41. The van der Waals surface area contributed by atoms with E-state index in [0.717, 1.165) is 12.3 Å². The van der Waals surface area contributed by atoms with E-state index in [1.807, 2.05) is 6.92 Å². The van der Waals surface area contributed by atoms with Gasteiger partial charge in [0.1, 0.15) is 5.82 Å². The maximum atomic E-state index is 13.1. The van der Waals surface area contributed by atoms with Crippen molar-refractivity contribution in [3.05, 3.63) is 23.9 Å². The molecule has 0 spiro atoms. The quantitative estimate of drug-likeness (QED) is 0.776. The molecule has 5 heteroatoms. The van der Waals surface area contributed by atoms with Gasteiger partial charge in [-0.2, -0.15) is 0 Å². The molecule has 1 heterocycles. The zero-order valence-corrected chi connectivity index (χ0v) is 7.93. The molecule has 3 N–H and O–H groups in total. The maximum Gasteiger partial charge on any atom is 0.168 e. The number of hydrogen-bond donors (Lipinski definition) is 2. The van der Waals surface area contributed by atoms with Crippen molar-refractivity contribution < 1.29 is 8.78 Å². The summed E-state index contributed by atoms with van der Waals surface area (Å²) in [5, 5.41) is 2.81. The van der Waals surface area contributed by atoms with E-state index in [1.54, 1.807) is 0 Å². The summed E-state index contributed by atoms with van der Waals surface area (Å²) in [7, 11) is 0. The SMILES string of the molecule is CC(CCN)Nc1ncc(F)cc1F. The first kappa shape index (κ1) is 10.8. The zero-order chi connectivity index (χ0) is 10.6. The highest BCUT2D eigenvalue weighted by atomic mass is 19.1. The van der Waals surface area contributed by atoms with Crippen LogP contribution in [-0.4, -0.2) is 17.6 Å². The molecule has 0 aliphatic rings. The van der Waals surface area contributed by atoms with Crippen LogP contribution in [0.4, 0.5) is 14.6 Å². The fraction of sp³-hybridized carbons (Fsp3) is 0.444. The molecule has 78 valence electrons. The Hall–Kier alpha value is -1.23. The van der Waals surface area contributed by atoms with Crippen molar-refractivity contribution >= 4 is 5.82 Å². The van der Waals surface area contributed by atoms with Crippen LogP contribution in [0.1, 0.15) is 13.3 Å². The Morgan fingerprint density at radius 3 is 2.86 bits per heavy atom. The van der Waals surface area contributed by atoms with E-state index in [-0.39, 0.29) is 11.9 Å². The Bertz CT molecular complexity index is 304. The average Bonchev–Trinajstić information content (AvgIpc) is 2.10. The summed E-state index contributed by atoms with van der Waals surface area (Å²) in [5.41, 5.74) is 5.33. The van der Waals surface area contributed by atoms with E-state index < -0.39 is 11.6 Å². The standard InChI is InChI=1S/C9H13F2N3/c1-6(2-3-12)14-9-8(11)4-7(10)5-13-9/h4-6H,2-3,12H2,1H3,(H,13,14). The van der Waals surface area contributed by atoms with Crippen molar-refractivity contribution in [3.8, 4) is 0 Å². The highest BCUT2D eigenvalue weighted by Crippen LogP contribution is 2.12.